The van der Waals surface area contributed by atoms with Gasteiger partial charge in [0.05, 0.1) is 10.7 Å². The number of carbonyl (C=O) groups excluding carboxylic acids is 2. The molecule has 0 saturated carbocycles. The Balaban J connectivity index is 2.25. The van der Waals surface area contributed by atoms with Crippen LogP contribution in [0.15, 0.2) is 41.8 Å². The van der Waals surface area contributed by atoms with Crippen LogP contribution < -0.4 is 16.0 Å². The van der Waals surface area contributed by atoms with Crippen LogP contribution >= 0.6 is 11.3 Å². The van der Waals surface area contributed by atoms with E-state index in [0.717, 1.165) is 4.90 Å². The highest BCUT2D eigenvalue weighted by Crippen LogP contribution is 2.21. The Morgan fingerprint density at radius 1 is 1.26 bits per heavy atom. The summed E-state index contributed by atoms with van der Waals surface area (Å²) in [6.07, 6.45) is 0. The third-order valence-corrected chi connectivity index (χ3v) is 3.18. The van der Waals surface area contributed by atoms with Crippen molar-refractivity contribution >= 4 is 39.7 Å². The number of thiophene rings is 1. The first-order valence-corrected chi connectivity index (χ1v) is 6.46. The molecule has 2 aromatic rings. The lowest BCUT2D eigenvalue weighted by Gasteiger charge is -2.19. The van der Waals surface area contributed by atoms with Crippen molar-refractivity contribution in [2.75, 3.05) is 16.0 Å². The predicted octanol–water partition coefficient (Wildman–Crippen LogP) is 2.92. The molecular weight excluding hydrogens is 262 g/mol. The second-order valence-corrected chi connectivity index (χ2v) is 4.80. The Labute approximate surface area is 114 Å². The van der Waals surface area contributed by atoms with Crippen LogP contribution in [0.4, 0.5) is 21.2 Å². The van der Waals surface area contributed by atoms with Crippen LogP contribution in [0, 0.1) is 0 Å². The zero-order valence-electron chi connectivity index (χ0n) is 10.3. The van der Waals surface area contributed by atoms with E-state index >= 15 is 0 Å². The van der Waals surface area contributed by atoms with Crippen molar-refractivity contribution in [3.05, 3.63) is 41.8 Å². The van der Waals surface area contributed by atoms with Gasteiger partial charge in [-0.25, -0.2) is 9.69 Å². The second kappa shape index (κ2) is 5.53. The fourth-order valence-electron chi connectivity index (χ4n) is 1.62. The highest BCUT2D eigenvalue weighted by atomic mass is 32.1. The molecule has 6 heteroatoms. The van der Waals surface area contributed by atoms with Crippen LogP contribution in [0.1, 0.15) is 6.92 Å². The molecule has 0 aliphatic rings. The molecule has 2 rings (SSSR count). The molecule has 0 unspecified atom stereocenters. The maximum absolute atomic E-state index is 12.1. The molecule has 1 aromatic carbocycles. The molecule has 3 N–H and O–H groups in total. The van der Waals surface area contributed by atoms with E-state index < -0.39 is 6.03 Å². The highest BCUT2D eigenvalue weighted by Gasteiger charge is 2.20. The van der Waals surface area contributed by atoms with E-state index in [0.29, 0.717) is 16.4 Å². The summed E-state index contributed by atoms with van der Waals surface area (Å²) in [7, 11) is 0. The molecule has 5 nitrogen and oxygen atoms in total. The van der Waals surface area contributed by atoms with Gasteiger partial charge in [-0.05, 0) is 35.7 Å². The summed E-state index contributed by atoms with van der Waals surface area (Å²) in [4.78, 5) is 24.8. The van der Waals surface area contributed by atoms with Gasteiger partial charge in [0, 0.05) is 12.6 Å². The lowest BCUT2D eigenvalue weighted by Crippen LogP contribution is -2.38. The standard InChI is InChI=1S/C13H13N3O2S/c1-9(17)16(11-5-2-4-10(14)8-11)13(18)15-12-6-3-7-19-12/h2-8H,14H2,1H3,(H,15,18). The number of benzene rings is 1. The molecule has 0 fully saturated rings. The number of hydrogen-bond donors (Lipinski definition) is 2. The van der Waals surface area contributed by atoms with Gasteiger partial charge in [0.2, 0.25) is 5.91 Å². The number of hydrogen-bond acceptors (Lipinski definition) is 4. The van der Waals surface area contributed by atoms with Crippen molar-refractivity contribution in [3.8, 4) is 0 Å². The Morgan fingerprint density at radius 3 is 2.63 bits per heavy atom. The zero-order valence-corrected chi connectivity index (χ0v) is 11.1. The lowest BCUT2D eigenvalue weighted by atomic mass is 10.2. The van der Waals surface area contributed by atoms with Crippen LogP contribution in [-0.2, 0) is 4.79 Å². The van der Waals surface area contributed by atoms with Crippen LogP contribution in [0.5, 0.6) is 0 Å². The van der Waals surface area contributed by atoms with E-state index in [2.05, 4.69) is 5.32 Å². The average Bonchev–Trinajstić information content (AvgIpc) is 2.81. The number of nitrogens with one attached hydrogen (secondary N) is 1. The normalized spacial score (nSPS) is 9.95. The number of rotatable bonds is 2. The van der Waals surface area contributed by atoms with Gasteiger partial charge >= 0.3 is 6.03 Å². The van der Waals surface area contributed by atoms with Gasteiger partial charge in [-0.3, -0.25) is 10.1 Å². The molecule has 0 aliphatic heterocycles. The maximum atomic E-state index is 12.1. The maximum Gasteiger partial charge on any atom is 0.333 e. The van der Waals surface area contributed by atoms with E-state index in [-0.39, 0.29) is 5.91 Å². The minimum Gasteiger partial charge on any atom is -0.399 e. The fourth-order valence-corrected chi connectivity index (χ4v) is 2.22. The Bertz CT molecular complexity index is 596. The highest BCUT2D eigenvalue weighted by molar-refractivity contribution is 7.14. The number of amides is 3. The summed E-state index contributed by atoms with van der Waals surface area (Å²) in [6.45, 7) is 1.33. The molecule has 1 aromatic heterocycles. The molecule has 19 heavy (non-hydrogen) atoms. The van der Waals surface area contributed by atoms with Gasteiger partial charge in [-0.15, -0.1) is 11.3 Å². The fraction of sp³-hybridized carbons (Fsp3) is 0.0769. The summed E-state index contributed by atoms with van der Waals surface area (Å²) in [5, 5.41) is 5.19. The largest absolute Gasteiger partial charge is 0.399 e. The summed E-state index contributed by atoms with van der Waals surface area (Å²) in [5.41, 5.74) is 6.60. The second-order valence-electron chi connectivity index (χ2n) is 3.86. The summed E-state index contributed by atoms with van der Waals surface area (Å²) < 4.78 is 0. The van der Waals surface area contributed by atoms with E-state index in [9.17, 15) is 9.59 Å². The molecule has 0 atom stereocenters. The van der Waals surface area contributed by atoms with Crippen LogP contribution in [-0.4, -0.2) is 11.9 Å². The first kappa shape index (κ1) is 13.1. The van der Waals surface area contributed by atoms with E-state index in [1.165, 1.54) is 18.3 Å². The Hall–Kier alpha value is -2.34. The number of imide groups is 1. The van der Waals surface area contributed by atoms with Crippen molar-refractivity contribution in [3.63, 3.8) is 0 Å². The first-order chi connectivity index (χ1) is 9.08. The molecule has 98 valence electrons. The number of anilines is 3. The van der Waals surface area contributed by atoms with Crippen LogP contribution in [0.25, 0.3) is 0 Å². The number of carbonyl (C=O) groups is 2. The minimum absolute atomic E-state index is 0.375. The Kier molecular flexibility index (Phi) is 3.82. The lowest BCUT2D eigenvalue weighted by molar-refractivity contribution is -0.115. The molecular formula is C13H13N3O2S. The number of nitrogens with zero attached hydrogens (tertiary/aromatic N) is 1. The number of nitrogen functional groups attached to an aromatic ring is 1. The van der Waals surface area contributed by atoms with E-state index in [1.807, 2.05) is 11.4 Å². The van der Waals surface area contributed by atoms with Crippen molar-refractivity contribution in [1.82, 2.24) is 0 Å². The molecule has 0 bridgehead atoms. The monoisotopic (exact) mass is 275 g/mol. The van der Waals surface area contributed by atoms with Gasteiger partial charge in [0.25, 0.3) is 0 Å². The SMILES string of the molecule is CC(=O)N(C(=O)Nc1cccs1)c1cccc(N)c1. The molecule has 0 radical (unpaired) electrons. The molecule has 3 amide bonds. The zero-order chi connectivity index (χ0) is 13.8. The number of nitrogens with two attached hydrogens (primary N) is 1. The van der Waals surface area contributed by atoms with Crippen LogP contribution in [0.2, 0.25) is 0 Å². The van der Waals surface area contributed by atoms with Gasteiger partial charge in [-0.1, -0.05) is 6.07 Å². The number of urea groups is 1. The van der Waals surface area contributed by atoms with E-state index in [1.54, 1.807) is 30.3 Å². The molecule has 0 aliphatic carbocycles. The first-order valence-electron chi connectivity index (χ1n) is 5.58. The topological polar surface area (TPSA) is 75.4 Å². The molecule has 0 spiro atoms. The minimum atomic E-state index is -0.499. The van der Waals surface area contributed by atoms with Crippen molar-refractivity contribution < 1.29 is 9.59 Å². The van der Waals surface area contributed by atoms with Crippen LogP contribution in [0.3, 0.4) is 0 Å². The van der Waals surface area contributed by atoms with Gasteiger partial charge < -0.3 is 5.73 Å². The summed E-state index contributed by atoms with van der Waals surface area (Å²) in [6, 6.07) is 9.71. The molecule has 0 saturated heterocycles. The van der Waals surface area contributed by atoms with Gasteiger partial charge in [0.1, 0.15) is 0 Å². The summed E-state index contributed by atoms with van der Waals surface area (Å²) in [5.74, 6) is -0.375. The van der Waals surface area contributed by atoms with Gasteiger partial charge in [-0.2, -0.15) is 0 Å². The predicted molar refractivity (Wildman–Crippen MR) is 77.4 cm³/mol. The van der Waals surface area contributed by atoms with Crippen molar-refractivity contribution in [1.29, 1.82) is 0 Å². The average molecular weight is 275 g/mol. The van der Waals surface area contributed by atoms with Crippen molar-refractivity contribution in [2.45, 2.75) is 6.92 Å². The third-order valence-electron chi connectivity index (χ3n) is 2.40. The smallest absolute Gasteiger partial charge is 0.333 e. The Morgan fingerprint density at radius 2 is 2.05 bits per heavy atom. The van der Waals surface area contributed by atoms with E-state index in [4.69, 9.17) is 5.73 Å². The van der Waals surface area contributed by atoms with Gasteiger partial charge in [0.15, 0.2) is 0 Å². The third kappa shape index (κ3) is 3.11. The van der Waals surface area contributed by atoms with Crippen molar-refractivity contribution in [2.24, 2.45) is 0 Å². The summed E-state index contributed by atoms with van der Waals surface area (Å²) >= 11 is 1.38. The molecule has 1 heterocycles. The quantitative estimate of drug-likeness (QED) is 0.827.